The highest BCUT2D eigenvalue weighted by atomic mass is 127. The van der Waals surface area contributed by atoms with Crippen molar-refractivity contribution in [2.45, 2.75) is 13.0 Å². The number of hydrogen-bond donors (Lipinski definition) is 2. The molecule has 1 aromatic rings. The molecule has 1 heterocycles. The Morgan fingerprint density at radius 2 is 2.19 bits per heavy atom. The van der Waals surface area contributed by atoms with E-state index in [9.17, 15) is 9.59 Å². The second-order valence-electron chi connectivity index (χ2n) is 3.12. The fourth-order valence-corrected chi connectivity index (χ4v) is 0.899. The molecule has 1 atom stereocenters. The van der Waals surface area contributed by atoms with Crippen molar-refractivity contribution >= 4 is 11.9 Å². The van der Waals surface area contributed by atoms with Crippen LogP contribution < -0.4 is 34.0 Å². The van der Waals surface area contributed by atoms with Crippen LogP contribution in [0.3, 0.4) is 0 Å². The molecule has 2 N–H and O–H groups in total. The highest BCUT2D eigenvalue weighted by molar-refractivity contribution is 5.96. The third kappa shape index (κ3) is 4.09. The van der Waals surface area contributed by atoms with E-state index in [0.29, 0.717) is 5.56 Å². The zero-order valence-electron chi connectivity index (χ0n) is 8.85. The molecular weight excluding hydrogens is 325 g/mol. The first-order chi connectivity index (χ1) is 7.00. The molecule has 1 amide bonds. The maximum Gasteiger partial charge on any atom is 0.325 e. The molecule has 6 nitrogen and oxygen atoms in total. The van der Waals surface area contributed by atoms with Crippen molar-refractivity contribution < 1.29 is 43.4 Å². The van der Waals surface area contributed by atoms with E-state index in [1.54, 1.807) is 19.3 Å². The number of aryl methyl sites for hydroxylation is 1. The Bertz CT molecular complexity index is 380. The lowest BCUT2D eigenvalue weighted by atomic mass is 10.2. The van der Waals surface area contributed by atoms with Gasteiger partial charge in [-0.25, -0.2) is 0 Å². The van der Waals surface area contributed by atoms with Gasteiger partial charge >= 0.3 is 5.97 Å². The lowest BCUT2D eigenvalue weighted by Crippen LogP contribution is -3.00. The minimum Gasteiger partial charge on any atom is -1.00 e. The molecular formula is C9H12IN3O3. The third-order valence-electron chi connectivity index (χ3n) is 1.83. The first kappa shape index (κ1) is 14.8. The number of carbonyl (C=O) groups is 2. The van der Waals surface area contributed by atoms with E-state index in [1.807, 2.05) is 0 Å². The Labute approximate surface area is 110 Å². The van der Waals surface area contributed by atoms with Crippen LogP contribution in [0.2, 0.25) is 0 Å². The summed E-state index contributed by atoms with van der Waals surface area (Å²) >= 11 is 0. The van der Waals surface area contributed by atoms with Gasteiger partial charge in [-0.15, -0.1) is 0 Å². The molecule has 0 aliphatic rings. The highest BCUT2D eigenvalue weighted by Crippen LogP contribution is 1.94. The van der Waals surface area contributed by atoms with Crippen molar-refractivity contribution in [3.8, 4) is 0 Å². The predicted molar refractivity (Wildman–Crippen MR) is 50.0 cm³/mol. The van der Waals surface area contributed by atoms with Gasteiger partial charge in [0, 0.05) is 6.07 Å². The average Bonchev–Trinajstić information content (AvgIpc) is 2.18. The van der Waals surface area contributed by atoms with E-state index < -0.39 is 17.9 Å². The maximum atomic E-state index is 11.4. The second kappa shape index (κ2) is 6.36. The van der Waals surface area contributed by atoms with E-state index in [-0.39, 0.29) is 24.0 Å². The maximum absolute atomic E-state index is 11.4. The van der Waals surface area contributed by atoms with Crippen LogP contribution in [0, 0.1) is 0 Å². The van der Waals surface area contributed by atoms with Crippen LogP contribution in [0.1, 0.15) is 17.3 Å². The fraction of sp³-hybridized carbons (Fsp3) is 0.333. The highest BCUT2D eigenvalue weighted by Gasteiger charge is 2.15. The number of carboxylic acid groups (broad SMARTS) is 1. The van der Waals surface area contributed by atoms with Crippen LogP contribution in [0.15, 0.2) is 18.5 Å². The lowest BCUT2D eigenvalue weighted by molar-refractivity contribution is -0.730. The molecule has 0 bridgehead atoms. The Kier molecular flexibility index (Phi) is 5.86. The quantitative estimate of drug-likeness (QED) is 0.437. The normalized spacial score (nSPS) is 11.1. The molecule has 0 aromatic carbocycles. The van der Waals surface area contributed by atoms with Gasteiger partial charge in [0.25, 0.3) is 5.91 Å². The summed E-state index contributed by atoms with van der Waals surface area (Å²) in [4.78, 5) is 21.9. The number of amides is 1. The summed E-state index contributed by atoms with van der Waals surface area (Å²) < 4.78 is 1.54. The molecule has 0 aliphatic carbocycles. The van der Waals surface area contributed by atoms with E-state index in [4.69, 9.17) is 5.11 Å². The summed E-state index contributed by atoms with van der Waals surface area (Å²) in [5.41, 5.74) is 0.334. The van der Waals surface area contributed by atoms with Gasteiger partial charge in [-0.2, -0.15) is 0 Å². The summed E-state index contributed by atoms with van der Waals surface area (Å²) in [6.45, 7) is 1.40. The van der Waals surface area contributed by atoms with Crippen molar-refractivity contribution in [2.24, 2.45) is 7.05 Å². The number of aromatic nitrogens is 2. The van der Waals surface area contributed by atoms with Gasteiger partial charge in [-0.3, -0.25) is 9.59 Å². The predicted octanol–water partition coefficient (Wildman–Crippen LogP) is -3.89. The summed E-state index contributed by atoms with van der Waals surface area (Å²) in [6.07, 6.45) is 2.99. The standard InChI is InChI=1S/C9H11N3O3.HI/c1-6(9(14)15)11-8(13)7-3-4-12(2)10-5-7;/h3-6H,1-2H3,(H-,11,13,14,15);1H. The first-order valence-corrected chi connectivity index (χ1v) is 4.36. The van der Waals surface area contributed by atoms with Crippen molar-refractivity contribution in [2.75, 3.05) is 0 Å². The molecule has 0 radical (unpaired) electrons. The van der Waals surface area contributed by atoms with Crippen molar-refractivity contribution in [3.63, 3.8) is 0 Å². The summed E-state index contributed by atoms with van der Waals surface area (Å²) in [6, 6.07) is 0.656. The first-order valence-electron chi connectivity index (χ1n) is 4.36. The van der Waals surface area contributed by atoms with Gasteiger partial charge in [0.05, 0.1) is 5.56 Å². The SMILES string of the molecule is CC(NC(=O)c1cc[n+](C)nc1)C(=O)O.[I-]. The van der Waals surface area contributed by atoms with E-state index in [2.05, 4.69) is 10.4 Å². The zero-order valence-corrected chi connectivity index (χ0v) is 11.0. The minimum absolute atomic E-state index is 0. The second-order valence-corrected chi connectivity index (χ2v) is 3.12. The molecule has 1 rings (SSSR count). The van der Waals surface area contributed by atoms with Gasteiger partial charge in [-0.05, 0) is 12.0 Å². The Balaban J connectivity index is 0.00000225. The number of rotatable bonds is 3. The van der Waals surface area contributed by atoms with Crippen LogP contribution in [-0.4, -0.2) is 28.1 Å². The van der Waals surface area contributed by atoms with Crippen molar-refractivity contribution in [1.29, 1.82) is 0 Å². The molecule has 16 heavy (non-hydrogen) atoms. The van der Waals surface area contributed by atoms with Gasteiger partial charge in [0.15, 0.2) is 13.2 Å². The molecule has 88 valence electrons. The number of carbonyl (C=O) groups excluding carboxylic acids is 1. The topological polar surface area (TPSA) is 83.2 Å². The Morgan fingerprint density at radius 3 is 2.62 bits per heavy atom. The Hall–Kier alpha value is -1.25. The van der Waals surface area contributed by atoms with E-state index in [0.717, 1.165) is 0 Å². The summed E-state index contributed by atoms with van der Waals surface area (Å²) in [7, 11) is 1.72. The number of hydrogen-bond acceptors (Lipinski definition) is 3. The smallest absolute Gasteiger partial charge is 0.325 e. The summed E-state index contributed by atoms with van der Waals surface area (Å²) in [5.74, 6) is -1.52. The molecule has 0 saturated heterocycles. The molecule has 0 fully saturated rings. The van der Waals surface area contributed by atoms with Crippen LogP contribution in [0.5, 0.6) is 0 Å². The molecule has 0 saturated carbocycles. The zero-order chi connectivity index (χ0) is 11.4. The monoisotopic (exact) mass is 337 g/mol. The lowest BCUT2D eigenvalue weighted by Gasteiger charge is -2.07. The number of halogens is 1. The Morgan fingerprint density at radius 1 is 1.56 bits per heavy atom. The van der Waals surface area contributed by atoms with Crippen molar-refractivity contribution in [3.05, 3.63) is 24.0 Å². The fourth-order valence-electron chi connectivity index (χ4n) is 0.899. The molecule has 1 unspecified atom stereocenters. The van der Waals surface area contributed by atoms with Crippen molar-refractivity contribution in [1.82, 2.24) is 10.4 Å². The minimum atomic E-state index is -1.07. The number of nitrogens with zero attached hydrogens (tertiary/aromatic N) is 2. The van der Waals surface area contributed by atoms with Gasteiger partial charge in [-0.1, -0.05) is 4.68 Å². The molecule has 0 spiro atoms. The molecule has 1 aromatic heterocycles. The molecule has 7 heteroatoms. The van der Waals surface area contributed by atoms with Gasteiger partial charge < -0.3 is 34.4 Å². The van der Waals surface area contributed by atoms with Gasteiger partial charge in [0.1, 0.15) is 12.2 Å². The number of carboxylic acids is 1. The summed E-state index contributed by atoms with van der Waals surface area (Å²) in [5, 5.41) is 14.8. The van der Waals surface area contributed by atoms with Crippen LogP contribution >= 0.6 is 0 Å². The van der Waals surface area contributed by atoms with Crippen LogP contribution in [0.25, 0.3) is 0 Å². The van der Waals surface area contributed by atoms with Gasteiger partial charge in [0.2, 0.25) is 0 Å². The van der Waals surface area contributed by atoms with Crippen LogP contribution in [0.4, 0.5) is 0 Å². The number of aliphatic carboxylic acids is 1. The number of nitrogens with one attached hydrogen (secondary N) is 1. The van der Waals surface area contributed by atoms with Crippen LogP contribution in [-0.2, 0) is 11.8 Å². The molecule has 0 aliphatic heterocycles. The largest absolute Gasteiger partial charge is 1.00 e. The average molecular weight is 337 g/mol. The van der Waals surface area contributed by atoms with E-state index >= 15 is 0 Å². The van der Waals surface area contributed by atoms with E-state index in [1.165, 1.54) is 17.8 Å². The third-order valence-corrected chi connectivity index (χ3v) is 1.83.